The summed E-state index contributed by atoms with van der Waals surface area (Å²) in [6, 6.07) is 1.85. The zero-order chi connectivity index (χ0) is 14.7. The molecule has 1 aromatic heterocycles. The van der Waals surface area contributed by atoms with E-state index in [1.54, 1.807) is 12.4 Å². The molecule has 0 aromatic carbocycles. The number of aromatic nitrogens is 1. The monoisotopic (exact) mass is 287 g/mol. The second kappa shape index (κ2) is 6.59. The molecule has 0 amide bonds. The zero-order valence-electron chi connectivity index (χ0n) is 12.9. The van der Waals surface area contributed by atoms with Crippen LogP contribution < -0.4 is 4.74 Å². The van der Waals surface area contributed by atoms with E-state index in [0.717, 1.165) is 30.2 Å². The Bertz CT molecular complexity index is 500. The second-order valence-corrected chi connectivity index (χ2v) is 6.52. The van der Waals surface area contributed by atoms with Gasteiger partial charge in [0.1, 0.15) is 5.75 Å². The molecule has 3 nitrogen and oxygen atoms in total. The van der Waals surface area contributed by atoms with Crippen molar-refractivity contribution in [2.45, 2.75) is 51.9 Å². The summed E-state index contributed by atoms with van der Waals surface area (Å²) < 4.78 is 5.46. The molecule has 0 spiro atoms. The lowest BCUT2D eigenvalue weighted by atomic mass is 9.66. The van der Waals surface area contributed by atoms with Gasteiger partial charge in [0.25, 0.3) is 0 Å². The average Bonchev–Trinajstić information content (AvgIpc) is 2.54. The summed E-state index contributed by atoms with van der Waals surface area (Å²) in [5.41, 5.74) is 0.722. The minimum Gasteiger partial charge on any atom is -0.492 e. The lowest BCUT2D eigenvalue weighted by Crippen LogP contribution is -2.31. The second-order valence-electron chi connectivity index (χ2n) is 6.52. The van der Waals surface area contributed by atoms with Crippen LogP contribution in [-0.2, 0) is 0 Å². The molecule has 0 N–H and O–H groups in total. The number of pyridine rings is 1. The van der Waals surface area contributed by atoms with Gasteiger partial charge in [-0.2, -0.15) is 0 Å². The normalized spacial score (nSPS) is 28.7. The third-order valence-electron chi connectivity index (χ3n) is 5.22. The van der Waals surface area contributed by atoms with Gasteiger partial charge in [0.15, 0.2) is 5.78 Å². The van der Waals surface area contributed by atoms with Crippen molar-refractivity contribution in [3.8, 4) is 5.75 Å². The first kappa shape index (κ1) is 14.6. The summed E-state index contributed by atoms with van der Waals surface area (Å²) in [5.74, 6) is 2.84. The van der Waals surface area contributed by atoms with Crippen LogP contribution in [-0.4, -0.2) is 17.4 Å². The van der Waals surface area contributed by atoms with Crippen molar-refractivity contribution >= 4 is 5.78 Å². The molecule has 2 saturated carbocycles. The fraction of sp³-hybridized carbons (Fsp3) is 0.667. The molecule has 1 heterocycles. The number of ether oxygens (including phenoxy) is 1. The highest BCUT2D eigenvalue weighted by molar-refractivity contribution is 5.97. The largest absolute Gasteiger partial charge is 0.492 e. The van der Waals surface area contributed by atoms with Crippen molar-refractivity contribution in [1.82, 2.24) is 4.98 Å². The van der Waals surface area contributed by atoms with E-state index in [0.29, 0.717) is 12.4 Å². The predicted molar refractivity (Wildman–Crippen MR) is 82.5 cm³/mol. The molecule has 2 aliphatic rings. The summed E-state index contributed by atoms with van der Waals surface area (Å²) in [4.78, 5) is 16.9. The Morgan fingerprint density at radius 2 is 2.00 bits per heavy atom. The summed E-state index contributed by atoms with van der Waals surface area (Å²) >= 11 is 0. The first-order valence-corrected chi connectivity index (χ1v) is 8.40. The van der Waals surface area contributed by atoms with E-state index in [-0.39, 0.29) is 11.7 Å². The van der Waals surface area contributed by atoms with Gasteiger partial charge in [0.05, 0.1) is 12.8 Å². The number of fused-ring (bicyclic) bond motifs is 1. The molecule has 1 aromatic rings. The van der Waals surface area contributed by atoms with Crippen molar-refractivity contribution in [2.75, 3.05) is 6.61 Å². The van der Waals surface area contributed by atoms with E-state index in [4.69, 9.17) is 4.74 Å². The Morgan fingerprint density at radius 1 is 1.19 bits per heavy atom. The van der Waals surface area contributed by atoms with Gasteiger partial charge < -0.3 is 4.74 Å². The Kier molecular flexibility index (Phi) is 4.57. The third-order valence-corrected chi connectivity index (χ3v) is 5.22. The molecule has 3 heteroatoms. The van der Waals surface area contributed by atoms with Gasteiger partial charge in [-0.15, -0.1) is 0 Å². The topological polar surface area (TPSA) is 39.2 Å². The Labute approximate surface area is 127 Å². The fourth-order valence-electron chi connectivity index (χ4n) is 4.15. The zero-order valence-corrected chi connectivity index (χ0v) is 12.9. The number of Topliss-reactive ketones (excluding diaryl/α,β-unsaturated/α-hetero) is 1. The lowest BCUT2D eigenvalue weighted by Gasteiger charge is -2.38. The smallest absolute Gasteiger partial charge is 0.167 e. The fourth-order valence-corrected chi connectivity index (χ4v) is 4.15. The SMILES string of the molecule is CCOc1cncc(C(=O)C2CCC3CCCCC3C2)c1. The van der Waals surface area contributed by atoms with E-state index < -0.39 is 0 Å². The van der Waals surface area contributed by atoms with Gasteiger partial charge in [-0.05, 0) is 44.1 Å². The molecule has 2 aliphatic carbocycles. The maximum atomic E-state index is 12.7. The van der Waals surface area contributed by atoms with E-state index >= 15 is 0 Å². The molecular weight excluding hydrogens is 262 g/mol. The highest BCUT2D eigenvalue weighted by atomic mass is 16.5. The number of hydrogen-bond donors (Lipinski definition) is 0. The van der Waals surface area contributed by atoms with Gasteiger partial charge in [-0.1, -0.05) is 25.7 Å². The highest BCUT2D eigenvalue weighted by Crippen LogP contribution is 2.43. The summed E-state index contributed by atoms with van der Waals surface area (Å²) in [6.07, 6.45) is 12.2. The number of carbonyl (C=O) groups excluding carboxylic acids is 1. The van der Waals surface area contributed by atoms with Crippen LogP contribution in [0.2, 0.25) is 0 Å². The first-order valence-electron chi connectivity index (χ1n) is 8.40. The van der Waals surface area contributed by atoms with E-state index in [9.17, 15) is 4.79 Å². The molecule has 3 rings (SSSR count). The van der Waals surface area contributed by atoms with Crippen LogP contribution in [0.3, 0.4) is 0 Å². The van der Waals surface area contributed by atoms with Gasteiger partial charge >= 0.3 is 0 Å². The molecule has 2 fully saturated rings. The summed E-state index contributed by atoms with van der Waals surface area (Å²) in [7, 11) is 0. The molecule has 0 saturated heterocycles. The molecule has 0 radical (unpaired) electrons. The summed E-state index contributed by atoms with van der Waals surface area (Å²) in [6.45, 7) is 2.55. The van der Waals surface area contributed by atoms with E-state index in [1.807, 2.05) is 13.0 Å². The van der Waals surface area contributed by atoms with Crippen LogP contribution in [0.4, 0.5) is 0 Å². The molecule has 0 bridgehead atoms. The van der Waals surface area contributed by atoms with Gasteiger partial charge in [0.2, 0.25) is 0 Å². The Hall–Kier alpha value is -1.38. The van der Waals surface area contributed by atoms with Gasteiger partial charge in [-0.3, -0.25) is 9.78 Å². The number of nitrogens with zero attached hydrogens (tertiary/aromatic N) is 1. The minimum atomic E-state index is 0.197. The standard InChI is InChI=1S/C18H25NO2/c1-2-21-17-10-16(11-19-12-17)18(20)15-8-7-13-5-3-4-6-14(13)9-15/h10-15H,2-9H2,1H3. The van der Waals surface area contributed by atoms with Crippen LogP contribution in [0.5, 0.6) is 5.75 Å². The van der Waals surface area contributed by atoms with Crippen molar-refractivity contribution in [3.63, 3.8) is 0 Å². The third kappa shape index (κ3) is 3.28. The molecule has 0 aliphatic heterocycles. The van der Waals surface area contributed by atoms with Crippen LogP contribution in [0.1, 0.15) is 62.2 Å². The maximum Gasteiger partial charge on any atom is 0.167 e. The quantitative estimate of drug-likeness (QED) is 0.776. The number of carbonyl (C=O) groups is 1. The van der Waals surface area contributed by atoms with Crippen molar-refractivity contribution in [1.29, 1.82) is 0 Å². The molecule has 3 unspecified atom stereocenters. The summed E-state index contributed by atoms with van der Waals surface area (Å²) in [5, 5.41) is 0. The average molecular weight is 287 g/mol. The minimum absolute atomic E-state index is 0.197. The molecule has 21 heavy (non-hydrogen) atoms. The van der Waals surface area contributed by atoms with E-state index in [1.165, 1.54) is 32.1 Å². The number of ketones is 1. The molecular formula is C18H25NO2. The van der Waals surface area contributed by atoms with Crippen molar-refractivity contribution in [2.24, 2.45) is 17.8 Å². The van der Waals surface area contributed by atoms with Crippen LogP contribution in [0.15, 0.2) is 18.5 Å². The van der Waals surface area contributed by atoms with Crippen molar-refractivity contribution in [3.05, 3.63) is 24.0 Å². The highest BCUT2D eigenvalue weighted by Gasteiger charge is 2.35. The van der Waals surface area contributed by atoms with E-state index in [2.05, 4.69) is 4.98 Å². The maximum absolute atomic E-state index is 12.7. The van der Waals surface area contributed by atoms with Crippen LogP contribution in [0.25, 0.3) is 0 Å². The predicted octanol–water partition coefficient (Wildman–Crippen LogP) is 4.27. The van der Waals surface area contributed by atoms with Gasteiger partial charge in [0, 0.05) is 17.7 Å². The Morgan fingerprint density at radius 3 is 2.81 bits per heavy atom. The Balaban J connectivity index is 1.68. The van der Waals surface area contributed by atoms with Crippen molar-refractivity contribution < 1.29 is 9.53 Å². The molecule has 3 atom stereocenters. The molecule has 114 valence electrons. The van der Waals surface area contributed by atoms with Crippen LogP contribution >= 0.6 is 0 Å². The number of hydrogen-bond acceptors (Lipinski definition) is 3. The number of rotatable bonds is 4. The van der Waals surface area contributed by atoms with Gasteiger partial charge in [-0.25, -0.2) is 0 Å². The van der Waals surface area contributed by atoms with Crippen LogP contribution in [0, 0.1) is 17.8 Å². The first-order chi connectivity index (χ1) is 10.3. The lowest BCUT2D eigenvalue weighted by molar-refractivity contribution is 0.0762.